The number of carbonyl (C=O) groups is 1. The van der Waals surface area contributed by atoms with E-state index in [2.05, 4.69) is 0 Å². The summed E-state index contributed by atoms with van der Waals surface area (Å²) in [6, 6.07) is 0. The zero-order chi connectivity index (χ0) is 8.48. The molecule has 0 amide bonds. The highest BCUT2D eigenvalue weighted by Crippen LogP contribution is 2.34. The van der Waals surface area contributed by atoms with Crippen LogP contribution < -0.4 is 0 Å². The lowest BCUT2D eigenvalue weighted by Crippen LogP contribution is -2.54. The Morgan fingerprint density at radius 3 is 2.27 bits per heavy atom. The first-order valence-electron chi connectivity index (χ1n) is 3.56. The van der Waals surface area contributed by atoms with Gasteiger partial charge in [0.1, 0.15) is 0 Å². The molecule has 1 fully saturated rings. The van der Waals surface area contributed by atoms with Crippen LogP contribution in [0, 0.1) is 0 Å². The van der Waals surface area contributed by atoms with Crippen LogP contribution in [0.5, 0.6) is 0 Å². The van der Waals surface area contributed by atoms with Crippen LogP contribution in [0.1, 0.15) is 13.8 Å². The highest BCUT2D eigenvalue weighted by Gasteiger charge is 2.47. The Hall–Kier alpha value is -0.220. The van der Waals surface area contributed by atoms with Crippen molar-refractivity contribution in [2.45, 2.75) is 25.6 Å². The first kappa shape index (κ1) is 8.87. The fourth-order valence-electron chi connectivity index (χ4n) is 0.981. The summed E-state index contributed by atoms with van der Waals surface area (Å²) in [6.07, 6.45) is -0.00741. The Kier molecular flexibility index (Phi) is 2.44. The van der Waals surface area contributed by atoms with Gasteiger partial charge in [0.05, 0.1) is 6.10 Å². The maximum atomic E-state index is 10.7. The molecular formula is C7H12O3S. The molecule has 1 aliphatic heterocycles. The largest absolute Gasteiger partial charge is 0.479 e. The minimum atomic E-state index is -0.876. The lowest BCUT2D eigenvalue weighted by Gasteiger charge is -2.38. The van der Waals surface area contributed by atoms with Gasteiger partial charge in [-0.05, 0) is 13.8 Å². The van der Waals surface area contributed by atoms with E-state index in [1.807, 2.05) is 13.8 Å². The fraction of sp³-hybridized carbons (Fsp3) is 0.857. The third kappa shape index (κ3) is 1.68. The topological polar surface area (TPSA) is 46.5 Å². The molecule has 1 N–H and O–H groups in total. The van der Waals surface area contributed by atoms with E-state index in [1.165, 1.54) is 0 Å². The molecule has 0 aromatic heterocycles. The van der Waals surface area contributed by atoms with Gasteiger partial charge in [0.15, 0.2) is 5.60 Å². The predicted molar refractivity (Wildman–Crippen MR) is 43.9 cm³/mol. The van der Waals surface area contributed by atoms with Gasteiger partial charge in [0.2, 0.25) is 0 Å². The summed E-state index contributed by atoms with van der Waals surface area (Å²) in [6.45, 7) is 3.71. The number of aliphatic carboxylic acids is 1. The third-order valence-electron chi connectivity index (χ3n) is 1.52. The van der Waals surface area contributed by atoms with Crippen LogP contribution in [0.2, 0.25) is 0 Å². The molecule has 0 aromatic carbocycles. The van der Waals surface area contributed by atoms with Gasteiger partial charge in [-0.3, -0.25) is 0 Å². The standard InChI is InChI=1S/C7H12O3S/c1-5(2)10-7(6(8)9)3-11-4-7/h5H,3-4H2,1-2H3,(H,8,9). The van der Waals surface area contributed by atoms with Crippen LogP contribution in [0.25, 0.3) is 0 Å². The summed E-state index contributed by atoms with van der Waals surface area (Å²) in [5.41, 5.74) is -0.876. The zero-order valence-corrected chi connectivity index (χ0v) is 7.48. The SMILES string of the molecule is CC(C)OC1(C(=O)O)CSC1. The van der Waals surface area contributed by atoms with Crippen LogP contribution in [-0.4, -0.2) is 34.3 Å². The molecule has 1 heterocycles. The Morgan fingerprint density at radius 1 is 1.64 bits per heavy atom. The first-order chi connectivity index (χ1) is 5.07. The number of ether oxygens (including phenoxy) is 1. The molecule has 0 radical (unpaired) electrons. The molecule has 0 unspecified atom stereocenters. The number of hydrogen-bond donors (Lipinski definition) is 1. The molecule has 0 saturated carbocycles. The second-order valence-corrected chi connectivity index (χ2v) is 3.94. The number of carboxylic acids is 1. The van der Waals surface area contributed by atoms with Crippen molar-refractivity contribution in [1.82, 2.24) is 0 Å². The van der Waals surface area contributed by atoms with Gasteiger partial charge in [-0.1, -0.05) is 0 Å². The zero-order valence-electron chi connectivity index (χ0n) is 6.66. The summed E-state index contributed by atoms with van der Waals surface area (Å²) >= 11 is 1.61. The molecular weight excluding hydrogens is 164 g/mol. The predicted octanol–water partition coefficient (Wildman–Crippen LogP) is 0.982. The van der Waals surface area contributed by atoms with E-state index < -0.39 is 11.6 Å². The minimum absolute atomic E-state index is 0.00741. The molecule has 0 aliphatic carbocycles. The first-order valence-corrected chi connectivity index (χ1v) is 4.71. The van der Waals surface area contributed by atoms with E-state index >= 15 is 0 Å². The molecule has 11 heavy (non-hydrogen) atoms. The highest BCUT2D eigenvalue weighted by molar-refractivity contribution is 8.01. The molecule has 1 saturated heterocycles. The van der Waals surface area contributed by atoms with Crippen molar-refractivity contribution in [3.63, 3.8) is 0 Å². The van der Waals surface area contributed by atoms with E-state index in [0.29, 0.717) is 11.5 Å². The maximum Gasteiger partial charge on any atom is 0.337 e. The average molecular weight is 176 g/mol. The quantitative estimate of drug-likeness (QED) is 0.696. The van der Waals surface area contributed by atoms with Crippen molar-refractivity contribution in [1.29, 1.82) is 0 Å². The minimum Gasteiger partial charge on any atom is -0.479 e. The number of hydrogen-bond acceptors (Lipinski definition) is 3. The Balaban J connectivity index is 2.54. The van der Waals surface area contributed by atoms with E-state index in [-0.39, 0.29) is 6.10 Å². The molecule has 0 atom stereocenters. The molecule has 0 bridgehead atoms. The Bertz CT molecular complexity index is 163. The van der Waals surface area contributed by atoms with E-state index in [9.17, 15) is 4.79 Å². The van der Waals surface area contributed by atoms with Gasteiger partial charge in [0.25, 0.3) is 0 Å². The van der Waals surface area contributed by atoms with Gasteiger partial charge >= 0.3 is 5.97 Å². The Morgan fingerprint density at radius 2 is 2.18 bits per heavy atom. The van der Waals surface area contributed by atoms with Crippen LogP contribution in [-0.2, 0) is 9.53 Å². The molecule has 4 heteroatoms. The van der Waals surface area contributed by atoms with Gasteiger partial charge in [-0.25, -0.2) is 4.79 Å². The Labute approximate surface area is 70.1 Å². The second-order valence-electron chi connectivity index (χ2n) is 2.96. The monoisotopic (exact) mass is 176 g/mol. The molecule has 3 nitrogen and oxygen atoms in total. The van der Waals surface area contributed by atoms with Gasteiger partial charge in [-0.2, -0.15) is 11.8 Å². The number of thioether (sulfide) groups is 1. The van der Waals surface area contributed by atoms with Crippen LogP contribution >= 0.6 is 11.8 Å². The van der Waals surface area contributed by atoms with E-state index in [1.54, 1.807) is 11.8 Å². The fourth-order valence-corrected chi connectivity index (χ4v) is 1.94. The third-order valence-corrected chi connectivity index (χ3v) is 2.86. The molecule has 1 aliphatic rings. The molecule has 0 spiro atoms. The van der Waals surface area contributed by atoms with Crippen LogP contribution in [0.4, 0.5) is 0 Å². The summed E-state index contributed by atoms with van der Waals surface area (Å²) in [5.74, 6) is 0.339. The van der Waals surface area contributed by atoms with Crippen molar-refractivity contribution in [3.05, 3.63) is 0 Å². The number of rotatable bonds is 3. The summed E-state index contributed by atoms with van der Waals surface area (Å²) < 4.78 is 5.31. The highest BCUT2D eigenvalue weighted by atomic mass is 32.2. The number of carboxylic acid groups (broad SMARTS) is 1. The van der Waals surface area contributed by atoms with Crippen molar-refractivity contribution in [2.24, 2.45) is 0 Å². The summed E-state index contributed by atoms with van der Waals surface area (Å²) in [4.78, 5) is 10.7. The molecule has 1 rings (SSSR count). The van der Waals surface area contributed by atoms with Gasteiger partial charge in [-0.15, -0.1) is 0 Å². The van der Waals surface area contributed by atoms with Gasteiger partial charge < -0.3 is 9.84 Å². The average Bonchev–Trinajstić information content (AvgIpc) is 1.77. The molecule has 64 valence electrons. The van der Waals surface area contributed by atoms with E-state index in [4.69, 9.17) is 9.84 Å². The normalized spacial score (nSPS) is 21.4. The smallest absolute Gasteiger partial charge is 0.337 e. The summed E-state index contributed by atoms with van der Waals surface area (Å²) in [7, 11) is 0. The summed E-state index contributed by atoms with van der Waals surface area (Å²) in [5, 5.41) is 8.79. The van der Waals surface area contributed by atoms with Crippen LogP contribution in [0.3, 0.4) is 0 Å². The van der Waals surface area contributed by atoms with Crippen molar-refractivity contribution in [3.8, 4) is 0 Å². The second kappa shape index (κ2) is 3.03. The lowest BCUT2D eigenvalue weighted by molar-refractivity contribution is -0.166. The lowest BCUT2D eigenvalue weighted by atomic mass is 10.1. The van der Waals surface area contributed by atoms with E-state index in [0.717, 1.165) is 0 Å². The van der Waals surface area contributed by atoms with Gasteiger partial charge in [0, 0.05) is 11.5 Å². The van der Waals surface area contributed by atoms with Crippen LogP contribution in [0.15, 0.2) is 0 Å². The van der Waals surface area contributed by atoms with Crippen molar-refractivity contribution < 1.29 is 14.6 Å². The van der Waals surface area contributed by atoms with Crippen molar-refractivity contribution in [2.75, 3.05) is 11.5 Å². The maximum absolute atomic E-state index is 10.7. The van der Waals surface area contributed by atoms with Crippen molar-refractivity contribution >= 4 is 17.7 Å². The molecule has 0 aromatic rings.